The van der Waals surface area contributed by atoms with E-state index in [1.165, 1.54) is 36.6 Å². The van der Waals surface area contributed by atoms with E-state index in [4.69, 9.17) is 4.74 Å². The molecule has 8 nitrogen and oxygen atoms in total. The van der Waals surface area contributed by atoms with Gasteiger partial charge in [0.1, 0.15) is 5.75 Å². The summed E-state index contributed by atoms with van der Waals surface area (Å²) in [6.07, 6.45) is -4.61. The molecule has 0 aliphatic rings. The van der Waals surface area contributed by atoms with Gasteiger partial charge in [-0.05, 0) is 35.7 Å². The standard InChI is InChI=1S/C24H20F3N5O3S2/c1-35-18-10-5-4-9-17(18)32-20(13-28-22(34)19-11-6-12-36-19)30-31-23(32)37-14-21(33)29-16-8-3-2-7-15(16)24(25,26)27/h2-12H,13-14H2,1H3,(H,28,34)(H,29,33). The first-order chi connectivity index (χ1) is 17.8. The van der Waals surface area contributed by atoms with E-state index in [1.54, 1.807) is 46.3 Å². The predicted octanol–water partition coefficient (Wildman–Crippen LogP) is 5.02. The summed E-state index contributed by atoms with van der Waals surface area (Å²) in [7, 11) is 1.50. The van der Waals surface area contributed by atoms with Gasteiger partial charge in [-0.25, -0.2) is 0 Å². The number of carbonyl (C=O) groups is 2. The molecule has 2 aromatic carbocycles. The Balaban J connectivity index is 1.55. The van der Waals surface area contributed by atoms with Gasteiger partial charge in [0.25, 0.3) is 5.91 Å². The number of amides is 2. The molecule has 2 amide bonds. The topological polar surface area (TPSA) is 98.1 Å². The molecule has 0 spiro atoms. The molecule has 0 atom stereocenters. The minimum absolute atomic E-state index is 0.0352. The number of hydrogen-bond acceptors (Lipinski definition) is 7. The zero-order chi connectivity index (χ0) is 26.4. The highest BCUT2D eigenvalue weighted by molar-refractivity contribution is 7.99. The Hall–Kier alpha value is -3.84. The first-order valence-corrected chi connectivity index (χ1v) is 12.6. The minimum Gasteiger partial charge on any atom is -0.495 e. The van der Waals surface area contributed by atoms with Crippen molar-refractivity contribution in [3.05, 3.63) is 82.3 Å². The number of ether oxygens (including phenoxy) is 1. The number of nitrogens with zero attached hydrogens (tertiary/aromatic N) is 3. The molecule has 0 saturated heterocycles. The third-order valence-corrected chi connectivity index (χ3v) is 6.81. The zero-order valence-electron chi connectivity index (χ0n) is 19.3. The van der Waals surface area contributed by atoms with Crippen LogP contribution in [0.25, 0.3) is 5.69 Å². The van der Waals surface area contributed by atoms with Crippen molar-refractivity contribution >= 4 is 40.6 Å². The van der Waals surface area contributed by atoms with E-state index in [2.05, 4.69) is 20.8 Å². The highest BCUT2D eigenvalue weighted by Crippen LogP contribution is 2.35. The second kappa shape index (κ2) is 11.5. The van der Waals surface area contributed by atoms with Crippen molar-refractivity contribution < 1.29 is 27.5 Å². The molecule has 2 heterocycles. The Kier molecular flexibility index (Phi) is 8.14. The number of thiophene rings is 1. The number of hydrogen-bond donors (Lipinski definition) is 2. The lowest BCUT2D eigenvalue weighted by Crippen LogP contribution is -2.24. The molecule has 2 aromatic heterocycles. The monoisotopic (exact) mass is 547 g/mol. The van der Waals surface area contributed by atoms with Gasteiger partial charge in [-0.2, -0.15) is 13.2 Å². The number of methoxy groups -OCH3 is 1. The molecule has 0 saturated carbocycles. The van der Waals surface area contributed by atoms with Crippen LogP contribution in [0.4, 0.5) is 18.9 Å². The normalized spacial score (nSPS) is 11.2. The Labute approximate surface area is 217 Å². The van der Waals surface area contributed by atoms with Crippen LogP contribution in [-0.2, 0) is 17.5 Å². The van der Waals surface area contributed by atoms with E-state index < -0.39 is 17.6 Å². The fourth-order valence-electron chi connectivity index (χ4n) is 3.37. The third kappa shape index (κ3) is 6.30. The Bertz CT molecular complexity index is 1390. The summed E-state index contributed by atoms with van der Waals surface area (Å²) in [5.41, 5.74) is -0.696. The number of halogens is 3. The highest BCUT2D eigenvalue weighted by atomic mass is 32.2. The van der Waals surface area contributed by atoms with Crippen molar-refractivity contribution in [2.45, 2.75) is 17.9 Å². The van der Waals surface area contributed by atoms with Gasteiger partial charge in [0, 0.05) is 0 Å². The molecular weight excluding hydrogens is 527 g/mol. The van der Waals surface area contributed by atoms with Gasteiger partial charge in [-0.3, -0.25) is 14.2 Å². The van der Waals surface area contributed by atoms with E-state index in [0.29, 0.717) is 27.3 Å². The lowest BCUT2D eigenvalue weighted by molar-refractivity contribution is -0.137. The van der Waals surface area contributed by atoms with Crippen LogP contribution in [0.1, 0.15) is 21.1 Å². The van der Waals surface area contributed by atoms with Crippen molar-refractivity contribution in [1.29, 1.82) is 0 Å². The maximum absolute atomic E-state index is 13.3. The summed E-state index contributed by atoms with van der Waals surface area (Å²) >= 11 is 2.28. The molecule has 0 fully saturated rings. The lowest BCUT2D eigenvalue weighted by Gasteiger charge is -2.15. The molecule has 4 rings (SSSR count). The number of anilines is 1. The molecule has 0 bridgehead atoms. The van der Waals surface area contributed by atoms with Crippen LogP contribution in [-0.4, -0.2) is 39.4 Å². The fourth-order valence-corrected chi connectivity index (χ4v) is 4.78. The van der Waals surface area contributed by atoms with Crippen LogP contribution in [0, 0.1) is 0 Å². The summed E-state index contributed by atoms with van der Waals surface area (Å²) < 4.78 is 46.9. The van der Waals surface area contributed by atoms with E-state index >= 15 is 0 Å². The van der Waals surface area contributed by atoms with Crippen LogP contribution < -0.4 is 15.4 Å². The minimum atomic E-state index is -4.61. The van der Waals surface area contributed by atoms with Crippen molar-refractivity contribution in [3.8, 4) is 11.4 Å². The summed E-state index contributed by atoms with van der Waals surface area (Å²) in [6, 6.07) is 15.3. The SMILES string of the molecule is COc1ccccc1-n1c(CNC(=O)c2cccs2)nnc1SCC(=O)Nc1ccccc1C(F)(F)F. The van der Waals surface area contributed by atoms with Crippen LogP contribution in [0.3, 0.4) is 0 Å². The number of para-hydroxylation sites is 3. The van der Waals surface area contributed by atoms with Gasteiger partial charge >= 0.3 is 6.18 Å². The summed E-state index contributed by atoms with van der Waals surface area (Å²) in [4.78, 5) is 25.5. The van der Waals surface area contributed by atoms with Crippen molar-refractivity contribution in [3.63, 3.8) is 0 Å². The molecular formula is C24H20F3N5O3S2. The maximum Gasteiger partial charge on any atom is 0.418 e. The van der Waals surface area contributed by atoms with Gasteiger partial charge in [0.2, 0.25) is 5.91 Å². The number of benzene rings is 2. The molecule has 0 radical (unpaired) electrons. The Morgan fingerprint density at radius 1 is 1.05 bits per heavy atom. The fraction of sp³-hybridized carbons (Fsp3) is 0.167. The molecule has 192 valence electrons. The number of alkyl halides is 3. The average Bonchev–Trinajstić information content (AvgIpc) is 3.56. The second-order valence-corrected chi connectivity index (χ2v) is 9.34. The molecule has 37 heavy (non-hydrogen) atoms. The van der Waals surface area contributed by atoms with Crippen LogP contribution in [0.2, 0.25) is 0 Å². The largest absolute Gasteiger partial charge is 0.495 e. The Morgan fingerprint density at radius 3 is 2.54 bits per heavy atom. The molecule has 0 unspecified atom stereocenters. The van der Waals surface area contributed by atoms with E-state index in [-0.39, 0.29) is 23.9 Å². The van der Waals surface area contributed by atoms with Gasteiger partial charge in [0.05, 0.1) is 41.2 Å². The van der Waals surface area contributed by atoms with Gasteiger partial charge in [-0.15, -0.1) is 21.5 Å². The van der Waals surface area contributed by atoms with Crippen molar-refractivity contribution in [2.75, 3.05) is 18.2 Å². The van der Waals surface area contributed by atoms with Crippen LogP contribution in [0.15, 0.2) is 71.2 Å². The van der Waals surface area contributed by atoms with Gasteiger partial charge in [0.15, 0.2) is 11.0 Å². The quantitative estimate of drug-likeness (QED) is 0.286. The van der Waals surface area contributed by atoms with Crippen molar-refractivity contribution in [2.24, 2.45) is 0 Å². The van der Waals surface area contributed by atoms with E-state index in [9.17, 15) is 22.8 Å². The number of thioether (sulfide) groups is 1. The average molecular weight is 548 g/mol. The number of rotatable bonds is 9. The number of carbonyl (C=O) groups excluding carboxylic acids is 2. The summed E-state index contributed by atoms with van der Waals surface area (Å²) in [5, 5.41) is 15.5. The second-order valence-electron chi connectivity index (χ2n) is 7.45. The van der Waals surface area contributed by atoms with E-state index in [0.717, 1.165) is 17.8 Å². The molecule has 13 heteroatoms. The van der Waals surface area contributed by atoms with Crippen molar-refractivity contribution in [1.82, 2.24) is 20.1 Å². The molecule has 0 aliphatic heterocycles. The zero-order valence-corrected chi connectivity index (χ0v) is 20.9. The van der Waals surface area contributed by atoms with Gasteiger partial charge in [-0.1, -0.05) is 42.1 Å². The van der Waals surface area contributed by atoms with Gasteiger partial charge < -0.3 is 15.4 Å². The van der Waals surface area contributed by atoms with E-state index in [1.807, 2.05) is 0 Å². The first-order valence-electron chi connectivity index (χ1n) is 10.8. The summed E-state index contributed by atoms with van der Waals surface area (Å²) in [5.74, 6) is -0.287. The number of nitrogens with one attached hydrogen (secondary N) is 2. The predicted molar refractivity (Wildman–Crippen MR) is 134 cm³/mol. The smallest absolute Gasteiger partial charge is 0.418 e. The first kappa shape index (κ1) is 26.2. The molecule has 2 N–H and O–H groups in total. The Morgan fingerprint density at radius 2 is 1.81 bits per heavy atom. The van der Waals surface area contributed by atoms with Crippen LogP contribution in [0.5, 0.6) is 5.75 Å². The van der Waals surface area contributed by atoms with Crippen LogP contribution >= 0.6 is 23.1 Å². The highest BCUT2D eigenvalue weighted by Gasteiger charge is 2.33. The molecule has 0 aliphatic carbocycles. The maximum atomic E-state index is 13.3. The lowest BCUT2D eigenvalue weighted by atomic mass is 10.1. The summed E-state index contributed by atoms with van der Waals surface area (Å²) in [6.45, 7) is 0.0352. The number of aromatic nitrogens is 3. The third-order valence-electron chi connectivity index (χ3n) is 5.02. The molecule has 4 aromatic rings.